The molecule has 0 saturated carbocycles. The van der Waals surface area contributed by atoms with E-state index in [0.717, 1.165) is 5.56 Å². The minimum absolute atomic E-state index is 0.0151. The molecule has 1 aromatic heterocycles. The number of aryl methyl sites for hydroxylation is 1. The summed E-state index contributed by atoms with van der Waals surface area (Å²) in [5.41, 5.74) is 7.29. The van der Waals surface area contributed by atoms with E-state index in [1.807, 2.05) is 19.1 Å². The third-order valence-corrected chi connectivity index (χ3v) is 2.75. The quantitative estimate of drug-likeness (QED) is 0.918. The molecule has 0 aliphatic heterocycles. The largest absolute Gasteiger partial charge is 0.439 e. The Hall–Kier alpha value is -1.94. The molecular weight excluding hydrogens is 243 g/mol. The van der Waals surface area contributed by atoms with Gasteiger partial charge in [0, 0.05) is 23.9 Å². The molecule has 1 heterocycles. The minimum Gasteiger partial charge on any atom is -0.439 e. The van der Waals surface area contributed by atoms with Gasteiger partial charge in [0.05, 0.1) is 0 Å². The minimum atomic E-state index is -0.290. The molecule has 0 spiro atoms. The van der Waals surface area contributed by atoms with E-state index in [2.05, 4.69) is 4.98 Å². The van der Waals surface area contributed by atoms with Crippen LogP contribution in [0.1, 0.15) is 18.1 Å². The molecule has 0 aliphatic carbocycles. The molecule has 0 fully saturated rings. The first-order valence-electron chi connectivity index (χ1n) is 6.19. The molecule has 1 atom stereocenters. The fourth-order valence-corrected chi connectivity index (χ4v) is 1.77. The third-order valence-electron chi connectivity index (χ3n) is 2.75. The highest BCUT2D eigenvalue weighted by molar-refractivity contribution is 5.34. The van der Waals surface area contributed by atoms with Crippen molar-refractivity contribution < 1.29 is 9.13 Å². The lowest BCUT2D eigenvalue weighted by Crippen LogP contribution is -2.18. The Kier molecular flexibility index (Phi) is 4.12. The van der Waals surface area contributed by atoms with Crippen molar-refractivity contribution in [3.63, 3.8) is 0 Å². The number of pyridine rings is 1. The van der Waals surface area contributed by atoms with Crippen LogP contribution in [0.5, 0.6) is 11.6 Å². The fourth-order valence-electron chi connectivity index (χ4n) is 1.77. The maximum atomic E-state index is 13.5. The first kappa shape index (κ1) is 13.5. The van der Waals surface area contributed by atoms with Crippen LogP contribution < -0.4 is 10.5 Å². The Morgan fingerprint density at radius 1 is 1.37 bits per heavy atom. The van der Waals surface area contributed by atoms with Gasteiger partial charge in [-0.2, -0.15) is 0 Å². The van der Waals surface area contributed by atoms with Crippen molar-refractivity contribution in [3.05, 3.63) is 53.5 Å². The lowest BCUT2D eigenvalue weighted by molar-refractivity contribution is 0.449. The van der Waals surface area contributed by atoms with Crippen molar-refractivity contribution in [2.24, 2.45) is 5.73 Å². The van der Waals surface area contributed by atoms with Gasteiger partial charge in [0.1, 0.15) is 11.6 Å². The lowest BCUT2D eigenvalue weighted by atomic mass is 10.1. The van der Waals surface area contributed by atoms with Gasteiger partial charge in [-0.3, -0.25) is 0 Å². The second-order valence-electron chi connectivity index (χ2n) is 4.66. The summed E-state index contributed by atoms with van der Waals surface area (Å²) in [6.45, 7) is 3.63. The maximum Gasteiger partial charge on any atom is 0.222 e. The molecule has 1 unspecified atom stereocenters. The molecule has 100 valence electrons. The number of halogens is 1. The zero-order valence-corrected chi connectivity index (χ0v) is 11.1. The smallest absolute Gasteiger partial charge is 0.222 e. The van der Waals surface area contributed by atoms with Crippen LogP contribution in [0.3, 0.4) is 0 Å². The van der Waals surface area contributed by atoms with Gasteiger partial charge < -0.3 is 10.5 Å². The van der Waals surface area contributed by atoms with Gasteiger partial charge in [-0.25, -0.2) is 9.37 Å². The molecule has 0 amide bonds. The van der Waals surface area contributed by atoms with Crippen molar-refractivity contribution in [2.75, 3.05) is 0 Å². The van der Waals surface area contributed by atoms with Crippen LogP contribution >= 0.6 is 0 Å². The van der Waals surface area contributed by atoms with Crippen LogP contribution in [-0.2, 0) is 6.42 Å². The van der Waals surface area contributed by atoms with Gasteiger partial charge >= 0.3 is 0 Å². The van der Waals surface area contributed by atoms with Crippen LogP contribution in [0, 0.1) is 12.7 Å². The molecule has 4 heteroatoms. The summed E-state index contributed by atoms with van der Waals surface area (Å²) in [7, 11) is 0. The van der Waals surface area contributed by atoms with Crippen molar-refractivity contribution in [3.8, 4) is 11.6 Å². The first-order chi connectivity index (χ1) is 9.06. The molecule has 2 rings (SSSR count). The molecule has 2 N–H and O–H groups in total. The number of nitrogens with two attached hydrogens (primary N) is 1. The monoisotopic (exact) mass is 260 g/mol. The second-order valence-corrected chi connectivity index (χ2v) is 4.66. The van der Waals surface area contributed by atoms with Crippen LogP contribution in [0.15, 0.2) is 36.5 Å². The number of rotatable bonds is 4. The molecular formula is C15H17FN2O. The Labute approximate surface area is 112 Å². The number of aromatic nitrogens is 1. The molecule has 0 radical (unpaired) electrons. The van der Waals surface area contributed by atoms with E-state index in [1.165, 1.54) is 6.07 Å². The van der Waals surface area contributed by atoms with Gasteiger partial charge in [-0.15, -0.1) is 0 Å². The SMILES string of the molecule is Cc1ccc(Oc2ncccc2CC(C)N)cc1F. The summed E-state index contributed by atoms with van der Waals surface area (Å²) in [6.07, 6.45) is 2.31. The van der Waals surface area contributed by atoms with E-state index in [9.17, 15) is 4.39 Å². The number of hydrogen-bond donors (Lipinski definition) is 1. The highest BCUT2D eigenvalue weighted by atomic mass is 19.1. The number of benzene rings is 1. The molecule has 0 saturated heterocycles. The van der Waals surface area contributed by atoms with Gasteiger partial charge in [0.2, 0.25) is 5.88 Å². The Balaban J connectivity index is 2.25. The molecule has 0 bridgehead atoms. The van der Waals surface area contributed by atoms with Crippen molar-refractivity contribution in [1.82, 2.24) is 4.98 Å². The summed E-state index contributed by atoms with van der Waals surface area (Å²) in [5, 5.41) is 0. The Morgan fingerprint density at radius 2 is 2.16 bits per heavy atom. The zero-order valence-electron chi connectivity index (χ0n) is 11.1. The Morgan fingerprint density at radius 3 is 2.84 bits per heavy atom. The van der Waals surface area contributed by atoms with E-state index in [0.29, 0.717) is 23.6 Å². The van der Waals surface area contributed by atoms with Crippen molar-refractivity contribution >= 4 is 0 Å². The van der Waals surface area contributed by atoms with E-state index < -0.39 is 0 Å². The summed E-state index contributed by atoms with van der Waals surface area (Å²) in [4.78, 5) is 4.18. The molecule has 19 heavy (non-hydrogen) atoms. The maximum absolute atomic E-state index is 13.5. The predicted molar refractivity (Wildman–Crippen MR) is 72.8 cm³/mol. The van der Waals surface area contributed by atoms with Crippen LogP contribution in [0.2, 0.25) is 0 Å². The third kappa shape index (κ3) is 3.51. The van der Waals surface area contributed by atoms with Gasteiger partial charge in [-0.05, 0) is 38.0 Å². The fraction of sp³-hybridized carbons (Fsp3) is 0.267. The lowest BCUT2D eigenvalue weighted by Gasteiger charge is -2.11. The van der Waals surface area contributed by atoms with Gasteiger partial charge in [-0.1, -0.05) is 12.1 Å². The molecule has 0 aliphatic rings. The summed E-state index contributed by atoms with van der Waals surface area (Å²) in [6, 6.07) is 8.53. The standard InChI is InChI=1S/C15H17FN2O/c1-10-5-6-13(9-14(10)16)19-15-12(8-11(2)17)4-3-7-18-15/h3-7,9,11H,8,17H2,1-2H3. The summed E-state index contributed by atoms with van der Waals surface area (Å²) < 4.78 is 19.1. The molecule has 3 nitrogen and oxygen atoms in total. The predicted octanol–water partition coefficient (Wildman–Crippen LogP) is 3.21. The number of nitrogens with zero attached hydrogens (tertiary/aromatic N) is 1. The van der Waals surface area contributed by atoms with Crippen LogP contribution in [0.4, 0.5) is 4.39 Å². The normalized spacial score (nSPS) is 12.2. The summed E-state index contributed by atoms with van der Waals surface area (Å²) >= 11 is 0. The second kappa shape index (κ2) is 5.80. The topological polar surface area (TPSA) is 48.1 Å². The highest BCUT2D eigenvalue weighted by Crippen LogP contribution is 2.25. The average molecular weight is 260 g/mol. The number of ether oxygens (including phenoxy) is 1. The number of hydrogen-bond acceptors (Lipinski definition) is 3. The Bertz CT molecular complexity index is 570. The zero-order chi connectivity index (χ0) is 13.8. The van der Waals surface area contributed by atoms with Crippen molar-refractivity contribution in [2.45, 2.75) is 26.3 Å². The van der Waals surface area contributed by atoms with E-state index >= 15 is 0 Å². The van der Waals surface area contributed by atoms with E-state index in [1.54, 1.807) is 25.3 Å². The van der Waals surface area contributed by atoms with E-state index in [4.69, 9.17) is 10.5 Å². The summed E-state index contributed by atoms with van der Waals surface area (Å²) in [5.74, 6) is 0.623. The van der Waals surface area contributed by atoms with E-state index in [-0.39, 0.29) is 11.9 Å². The first-order valence-corrected chi connectivity index (χ1v) is 6.19. The van der Waals surface area contributed by atoms with Crippen molar-refractivity contribution in [1.29, 1.82) is 0 Å². The van der Waals surface area contributed by atoms with Gasteiger partial charge in [0.15, 0.2) is 0 Å². The average Bonchev–Trinajstić information content (AvgIpc) is 2.36. The highest BCUT2D eigenvalue weighted by Gasteiger charge is 2.09. The molecule has 2 aromatic rings. The molecule has 1 aromatic carbocycles. The van der Waals surface area contributed by atoms with Crippen LogP contribution in [0.25, 0.3) is 0 Å². The van der Waals surface area contributed by atoms with Gasteiger partial charge in [0.25, 0.3) is 0 Å². The van der Waals surface area contributed by atoms with Crippen LogP contribution in [-0.4, -0.2) is 11.0 Å².